The molecule has 3 rings (SSSR count). The largest absolute Gasteiger partial charge is 0.270 e. The van der Waals surface area contributed by atoms with Gasteiger partial charge in [0.25, 0.3) is 5.91 Å². The van der Waals surface area contributed by atoms with Gasteiger partial charge >= 0.3 is 0 Å². The Labute approximate surface area is 119 Å². The summed E-state index contributed by atoms with van der Waals surface area (Å²) < 4.78 is 2.67. The minimum Gasteiger partial charge on any atom is -0.268 e. The van der Waals surface area contributed by atoms with E-state index in [0.717, 1.165) is 15.2 Å². The molecule has 1 heterocycles. The Kier molecular flexibility index (Phi) is 3.09. The van der Waals surface area contributed by atoms with Crippen LogP contribution in [0.4, 0.5) is 0 Å². The van der Waals surface area contributed by atoms with E-state index in [4.69, 9.17) is 0 Å². The van der Waals surface area contributed by atoms with Crippen LogP contribution in [0.25, 0.3) is 10.8 Å². The maximum atomic E-state index is 12.1. The Bertz CT molecular complexity index is 735. The van der Waals surface area contributed by atoms with Gasteiger partial charge in [-0.1, -0.05) is 28.1 Å². The maximum Gasteiger partial charge on any atom is 0.270 e. The van der Waals surface area contributed by atoms with Crippen molar-refractivity contribution in [3.05, 3.63) is 71.0 Å². The summed E-state index contributed by atoms with van der Waals surface area (Å²) in [6.07, 6.45) is 3.58. The lowest BCUT2D eigenvalue weighted by atomic mass is 10.1. The van der Waals surface area contributed by atoms with Gasteiger partial charge in [-0.05, 0) is 47.2 Å². The zero-order chi connectivity index (χ0) is 13.2. The number of nitrogens with zero attached hydrogens (tertiary/aromatic N) is 1. The Balaban J connectivity index is 1.92. The van der Waals surface area contributed by atoms with Crippen LogP contribution in [-0.2, 0) is 0 Å². The number of halogens is 1. The molecule has 1 N–H and O–H groups in total. The Morgan fingerprint density at radius 3 is 2.47 bits per heavy atom. The van der Waals surface area contributed by atoms with Crippen LogP contribution in [0.3, 0.4) is 0 Å². The van der Waals surface area contributed by atoms with Crippen molar-refractivity contribution in [3.63, 3.8) is 0 Å². The van der Waals surface area contributed by atoms with Crippen LogP contribution in [0, 0.1) is 0 Å². The molecule has 0 aliphatic rings. The molecule has 0 fully saturated rings. The monoisotopic (exact) mass is 314 g/mol. The first-order valence-electron chi connectivity index (χ1n) is 5.86. The van der Waals surface area contributed by atoms with Crippen LogP contribution in [0.5, 0.6) is 0 Å². The minimum absolute atomic E-state index is 0.124. The van der Waals surface area contributed by atoms with Crippen molar-refractivity contribution in [3.8, 4) is 0 Å². The summed E-state index contributed by atoms with van der Waals surface area (Å²) in [5, 5.41) is 2.15. The molecule has 0 bridgehead atoms. The number of aromatic nitrogens is 1. The highest BCUT2D eigenvalue weighted by Gasteiger charge is 2.06. The van der Waals surface area contributed by atoms with Gasteiger partial charge in [-0.2, -0.15) is 0 Å². The molecule has 2 aromatic carbocycles. The third-order valence-electron chi connectivity index (χ3n) is 2.90. The van der Waals surface area contributed by atoms with Crippen molar-refractivity contribution in [2.45, 2.75) is 0 Å². The summed E-state index contributed by atoms with van der Waals surface area (Å²) in [7, 11) is 0. The summed E-state index contributed by atoms with van der Waals surface area (Å²) >= 11 is 3.44. The van der Waals surface area contributed by atoms with E-state index < -0.39 is 0 Å². The topological polar surface area (TPSA) is 34.0 Å². The van der Waals surface area contributed by atoms with E-state index >= 15 is 0 Å². The molecular weight excluding hydrogens is 304 g/mol. The van der Waals surface area contributed by atoms with Gasteiger partial charge in [-0.25, -0.2) is 0 Å². The molecule has 3 aromatic rings. The van der Waals surface area contributed by atoms with Gasteiger partial charge in [0.2, 0.25) is 0 Å². The molecule has 1 aromatic heterocycles. The number of rotatable bonds is 2. The summed E-state index contributed by atoms with van der Waals surface area (Å²) in [6, 6.07) is 15.4. The van der Waals surface area contributed by atoms with Gasteiger partial charge in [-0.15, -0.1) is 0 Å². The minimum atomic E-state index is -0.124. The first-order chi connectivity index (χ1) is 9.22. The fourth-order valence-corrected chi connectivity index (χ4v) is 2.33. The van der Waals surface area contributed by atoms with E-state index in [1.165, 1.54) is 0 Å². The molecule has 19 heavy (non-hydrogen) atoms. The van der Waals surface area contributed by atoms with Crippen LogP contribution in [0.15, 0.2) is 65.4 Å². The van der Waals surface area contributed by atoms with Gasteiger partial charge in [0.1, 0.15) is 0 Å². The average molecular weight is 315 g/mol. The lowest BCUT2D eigenvalue weighted by Crippen LogP contribution is -2.21. The van der Waals surface area contributed by atoms with E-state index in [0.29, 0.717) is 5.56 Å². The van der Waals surface area contributed by atoms with Crippen molar-refractivity contribution in [1.82, 2.24) is 4.68 Å². The molecule has 0 saturated heterocycles. The van der Waals surface area contributed by atoms with Crippen molar-refractivity contribution in [1.29, 1.82) is 0 Å². The summed E-state index contributed by atoms with van der Waals surface area (Å²) in [5.41, 5.74) is 3.42. The molecular formula is C15H11BrN2O. The van der Waals surface area contributed by atoms with E-state index in [2.05, 4.69) is 21.4 Å². The molecule has 1 amide bonds. The highest BCUT2D eigenvalue weighted by atomic mass is 79.9. The summed E-state index contributed by atoms with van der Waals surface area (Å²) in [4.78, 5) is 12.1. The van der Waals surface area contributed by atoms with Crippen LogP contribution in [-0.4, -0.2) is 10.6 Å². The molecule has 0 aliphatic carbocycles. The molecule has 0 saturated carbocycles. The smallest absolute Gasteiger partial charge is 0.268 e. The number of fused-ring (bicyclic) bond motifs is 1. The van der Waals surface area contributed by atoms with Crippen LogP contribution in [0.2, 0.25) is 0 Å². The van der Waals surface area contributed by atoms with Crippen LogP contribution < -0.4 is 5.43 Å². The van der Waals surface area contributed by atoms with Gasteiger partial charge in [0.05, 0.1) is 0 Å². The fourth-order valence-electron chi connectivity index (χ4n) is 1.95. The first-order valence-corrected chi connectivity index (χ1v) is 6.65. The third kappa shape index (κ3) is 2.53. The second-order valence-corrected chi connectivity index (χ2v) is 5.15. The molecule has 0 unspecified atom stereocenters. The van der Waals surface area contributed by atoms with Gasteiger partial charge in [0.15, 0.2) is 0 Å². The number of carbonyl (C=O) groups is 1. The molecule has 3 nitrogen and oxygen atoms in total. The van der Waals surface area contributed by atoms with Gasteiger partial charge < -0.3 is 0 Å². The standard InChI is InChI=1S/C15H11BrN2O/c16-14-6-5-11-9-13(4-3-12(11)10-14)15(19)17-18-7-1-2-8-18/h1-10H,(H,17,19). The second kappa shape index (κ2) is 4.90. The van der Waals surface area contributed by atoms with E-state index in [9.17, 15) is 4.79 Å². The van der Waals surface area contributed by atoms with Crippen molar-refractivity contribution >= 4 is 32.6 Å². The quantitative estimate of drug-likeness (QED) is 0.767. The van der Waals surface area contributed by atoms with Gasteiger partial charge in [-0.3, -0.25) is 14.9 Å². The average Bonchev–Trinajstić information content (AvgIpc) is 2.91. The highest BCUT2D eigenvalue weighted by Crippen LogP contribution is 2.21. The van der Waals surface area contributed by atoms with E-state index in [1.54, 1.807) is 17.1 Å². The number of amides is 1. The SMILES string of the molecule is O=C(Nn1cccc1)c1ccc2cc(Br)ccc2c1. The molecule has 0 spiro atoms. The number of nitrogens with one attached hydrogen (secondary N) is 1. The zero-order valence-electron chi connectivity index (χ0n) is 10.0. The second-order valence-electron chi connectivity index (χ2n) is 4.24. The zero-order valence-corrected chi connectivity index (χ0v) is 11.6. The normalized spacial score (nSPS) is 10.6. The van der Waals surface area contributed by atoms with Crippen molar-refractivity contribution < 1.29 is 4.79 Å². The fraction of sp³-hybridized carbons (Fsp3) is 0. The third-order valence-corrected chi connectivity index (χ3v) is 3.39. The predicted molar refractivity (Wildman–Crippen MR) is 79.8 cm³/mol. The molecule has 0 atom stereocenters. The summed E-state index contributed by atoms with van der Waals surface area (Å²) in [5.74, 6) is -0.124. The van der Waals surface area contributed by atoms with E-state index in [-0.39, 0.29) is 5.91 Å². The van der Waals surface area contributed by atoms with Crippen LogP contribution in [0.1, 0.15) is 10.4 Å². The Morgan fingerprint density at radius 1 is 1.00 bits per heavy atom. The predicted octanol–water partition coefficient (Wildman–Crippen LogP) is 3.79. The molecule has 0 aliphatic heterocycles. The lowest BCUT2D eigenvalue weighted by Gasteiger charge is -2.07. The van der Waals surface area contributed by atoms with E-state index in [1.807, 2.05) is 48.5 Å². The Hall–Kier alpha value is -2.07. The lowest BCUT2D eigenvalue weighted by molar-refractivity contribution is 0.101. The van der Waals surface area contributed by atoms with Crippen LogP contribution >= 0.6 is 15.9 Å². The maximum absolute atomic E-state index is 12.1. The number of carbonyl (C=O) groups excluding carboxylic acids is 1. The molecule has 4 heteroatoms. The number of benzene rings is 2. The van der Waals surface area contributed by atoms with Crippen molar-refractivity contribution in [2.75, 3.05) is 5.43 Å². The highest BCUT2D eigenvalue weighted by molar-refractivity contribution is 9.10. The van der Waals surface area contributed by atoms with Gasteiger partial charge in [0, 0.05) is 22.4 Å². The first kappa shape index (κ1) is 12.0. The molecule has 94 valence electrons. The Morgan fingerprint density at radius 2 is 1.68 bits per heavy atom. The number of hydrogen-bond acceptors (Lipinski definition) is 1. The number of hydrogen-bond donors (Lipinski definition) is 1. The summed E-state index contributed by atoms with van der Waals surface area (Å²) in [6.45, 7) is 0. The van der Waals surface area contributed by atoms with Crippen molar-refractivity contribution in [2.24, 2.45) is 0 Å². The molecule has 0 radical (unpaired) electrons.